The van der Waals surface area contributed by atoms with Crippen molar-refractivity contribution in [2.45, 2.75) is 33.1 Å². The van der Waals surface area contributed by atoms with Crippen molar-refractivity contribution in [2.75, 3.05) is 31.5 Å². The van der Waals surface area contributed by atoms with Crippen LogP contribution in [-0.4, -0.2) is 31.1 Å². The molecule has 0 unspecified atom stereocenters. The van der Waals surface area contributed by atoms with Gasteiger partial charge in [0.2, 0.25) is 0 Å². The zero-order valence-electron chi connectivity index (χ0n) is 12.4. The maximum Gasteiger partial charge on any atom is 0.0340 e. The number of benzene rings is 1. The normalized spacial score (nSPS) is 17.8. The Morgan fingerprint density at radius 2 is 1.84 bits per heavy atom. The second-order valence-electron chi connectivity index (χ2n) is 6.07. The molecule has 0 spiro atoms. The first-order valence-corrected chi connectivity index (χ1v) is 7.77. The molecule has 1 aliphatic rings. The number of nitrogens with one attached hydrogen (secondary N) is 1. The Balaban J connectivity index is 1.57. The van der Waals surface area contributed by atoms with Crippen molar-refractivity contribution < 1.29 is 0 Å². The van der Waals surface area contributed by atoms with Crippen molar-refractivity contribution >= 4 is 5.69 Å². The minimum Gasteiger partial charge on any atom is -0.385 e. The molecule has 0 aromatic heterocycles. The summed E-state index contributed by atoms with van der Waals surface area (Å²) >= 11 is 0. The van der Waals surface area contributed by atoms with Crippen molar-refractivity contribution in [1.29, 1.82) is 0 Å². The quantitative estimate of drug-likeness (QED) is 0.781. The molecule has 1 fully saturated rings. The molecule has 1 aliphatic heterocycles. The first-order chi connectivity index (χ1) is 9.25. The fraction of sp³-hybridized carbons (Fsp3) is 0.647. The van der Waals surface area contributed by atoms with Gasteiger partial charge >= 0.3 is 0 Å². The van der Waals surface area contributed by atoms with E-state index in [9.17, 15) is 0 Å². The minimum atomic E-state index is 0.863. The third kappa shape index (κ3) is 4.87. The Bertz CT molecular complexity index is 340. The highest BCUT2D eigenvalue weighted by Crippen LogP contribution is 2.24. The maximum absolute atomic E-state index is 3.48. The topological polar surface area (TPSA) is 15.3 Å². The number of anilines is 1. The second-order valence-corrected chi connectivity index (χ2v) is 6.07. The van der Waals surface area contributed by atoms with E-state index in [-0.39, 0.29) is 0 Å². The summed E-state index contributed by atoms with van der Waals surface area (Å²) in [7, 11) is 0. The lowest BCUT2D eigenvalue weighted by atomic mass is 9.87. The van der Waals surface area contributed by atoms with Crippen LogP contribution in [0, 0.1) is 11.8 Å². The lowest BCUT2D eigenvalue weighted by molar-refractivity contribution is 0.158. The zero-order chi connectivity index (χ0) is 13.5. The predicted molar refractivity (Wildman–Crippen MR) is 83.6 cm³/mol. The molecule has 1 heterocycles. The third-order valence-corrected chi connectivity index (χ3v) is 4.33. The van der Waals surface area contributed by atoms with Crippen molar-refractivity contribution in [1.82, 2.24) is 4.90 Å². The number of nitrogens with zero attached hydrogens (tertiary/aromatic N) is 1. The Morgan fingerprint density at radius 3 is 2.47 bits per heavy atom. The monoisotopic (exact) mass is 260 g/mol. The zero-order valence-corrected chi connectivity index (χ0v) is 12.4. The fourth-order valence-corrected chi connectivity index (χ4v) is 2.93. The first-order valence-electron chi connectivity index (χ1n) is 7.77. The SMILES string of the molecule is CC(C)C1CCN(CCCNc2ccccc2)CC1. The standard InChI is InChI=1S/C17H28N2/c1-15(2)16-9-13-19(14-10-16)12-6-11-18-17-7-4-3-5-8-17/h3-5,7-8,15-16,18H,6,9-14H2,1-2H3. The molecule has 1 aromatic carbocycles. The van der Waals surface area contributed by atoms with Crippen LogP contribution in [0.1, 0.15) is 33.1 Å². The van der Waals surface area contributed by atoms with Crippen molar-refractivity contribution in [3.63, 3.8) is 0 Å². The number of hydrogen-bond acceptors (Lipinski definition) is 2. The first kappa shape index (κ1) is 14.4. The summed E-state index contributed by atoms with van der Waals surface area (Å²) in [6, 6.07) is 10.5. The Hall–Kier alpha value is -1.02. The van der Waals surface area contributed by atoms with Crippen LogP contribution in [0.3, 0.4) is 0 Å². The number of piperidine rings is 1. The van der Waals surface area contributed by atoms with Gasteiger partial charge in [-0.3, -0.25) is 0 Å². The smallest absolute Gasteiger partial charge is 0.0340 e. The van der Waals surface area contributed by atoms with Gasteiger partial charge in [0.1, 0.15) is 0 Å². The van der Waals surface area contributed by atoms with Crippen LogP contribution in [-0.2, 0) is 0 Å². The van der Waals surface area contributed by atoms with Gasteiger partial charge in [-0.25, -0.2) is 0 Å². The lowest BCUT2D eigenvalue weighted by Gasteiger charge is -2.33. The molecule has 1 aromatic rings. The Labute approximate surface area is 118 Å². The highest BCUT2D eigenvalue weighted by molar-refractivity contribution is 5.42. The van der Waals surface area contributed by atoms with Gasteiger partial charge in [-0.05, 0) is 62.9 Å². The van der Waals surface area contributed by atoms with Crippen LogP contribution < -0.4 is 5.32 Å². The van der Waals surface area contributed by atoms with Crippen molar-refractivity contribution in [2.24, 2.45) is 11.8 Å². The van der Waals surface area contributed by atoms with E-state index in [0.29, 0.717) is 0 Å². The van der Waals surface area contributed by atoms with Gasteiger partial charge in [0.15, 0.2) is 0 Å². The molecule has 0 saturated carbocycles. The summed E-state index contributed by atoms with van der Waals surface area (Å²) in [4.78, 5) is 2.63. The lowest BCUT2D eigenvalue weighted by Crippen LogP contribution is -2.36. The highest BCUT2D eigenvalue weighted by Gasteiger charge is 2.20. The molecule has 106 valence electrons. The molecular formula is C17H28N2. The maximum atomic E-state index is 3.48. The van der Waals surface area contributed by atoms with Crippen LogP contribution >= 0.6 is 0 Å². The van der Waals surface area contributed by atoms with E-state index in [1.807, 2.05) is 0 Å². The Morgan fingerprint density at radius 1 is 1.16 bits per heavy atom. The van der Waals surface area contributed by atoms with Crippen LogP contribution in [0.5, 0.6) is 0 Å². The average Bonchev–Trinajstić information content (AvgIpc) is 2.45. The largest absolute Gasteiger partial charge is 0.385 e. The van der Waals surface area contributed by atoms with Crippen molar-refractivity contribution in [3.05, 3.63) is 30.3 Å². The molecule has 1 N–H and O–H groups in total. The van der Waals surface area contributed by atoms with Gasteiger partial charge in [0, 0.05) is 12.2 Å². The second kappa shape index (κ2) is 7.54. The summed E-state index contributed by atoms with van der Waals surface area (Å²) in [5.74, 6) is 1.82. The van der Waals surface area contributed by atoms with Gasteiger partial charge < -0.3 is 10.2 Å². The van der Waals surface area contributed by atoms with Crippen molar-refractivity contribution in [3.8, 4) is 0 Å². The number of rotatable bonds is 6. The van der Waals surface area contributed by atoms with Crippen LogP contribution in [0.2, 0.25) is 0 Å². The molecule has 0 amide bonds. The van der Waals surface area contributed by atoms with Gasteiger partial charge in [-0.15, -0.1) is 0 Å². The molecule has 2 heteroatoms. The van der Waals surface area contributed by atoms with Crippen LogP contribution in [0.4, 0.5) is 5.69 Å². The van der Waals surface area contributed by atoms with Gasteiger partial charge in [-0.1, -0.05) is 32.0 Å². The number of para-hydroxylation sites is 1. The molecule has 0 bridgehead atoms. The molecule has 0 atom stereocenters. The van der Waals surface area contributed by atoms with Crippen LogP contribution in [0.25, 0.3) is 0 Å². The Kier molecular flexibility index (Phi) is 5.71. The van der Waals surface area contributed by atoms with E-state index in [2.05, 4.69) is 54.4 Å². The van der Waals surface area contributed by atoms with E-state index in [0.717, 1.165) is 18.4 Å². The highest BCUT2D eigenvalue weighted by atomic mass is 15.1. The molecule has 1 saturated heterocycles. The molecule has 0 radical (unpaired) electrons. The summed E-state index contributed by atoms with van der Waals surface area (Å²) in [6.07, 6.45) is 4.02. The molecule has 2 rings (SSSR count). The summed E-state index contributed by atoms with van der Waals surface area (Å²) in [5, 5.41) is 3.48. The summed E-state index contributed by atoms with van der Waals surface area (Å²) in [5.41, 5.74) is 1.24. The van der Waals surface area contributed by atoms with Gasteiger partial charge in [-0.2, -0.15) is 0 Å². The van der Waals surface area contributed by atoms with Gasteiger partial charge in [0.05, 0.1) is 0 Å². The van der Waals surface area contributed by atoms with E-state index >= 15 is 0 Å². The number of hydrogen-bond donors (Lipinski definition) is 1. The summed E-state index contributed by atoms with van der Waals surface area (Å²) < 4.78 is 0. The third-order valence-electron chi connectivity index (χ3n) is 4.33. The molecule has 2 nitrogen and oxygen atoms in total. The van der Waals surface area contributed by atoms with E-state index in [4.69, 9.17) is 0 Å². The predicted octanol–water partition coefficient (Wildman–Crippen LogP) is 3.86. The molecule has 0 aliphatic carbocycles. The number of likely N-dealkylation sites (tertiary alicyclic amines) is 1. The average molecular weight is 260 g/mol. The van der Waals surface area contributed by atoms with Crippen LogP contribution in [0.15, 0.2) is 30.3 Å². The van der Waals surface area contributed by atoms with E-state index < -0.39 is 0 Å². The minimum absolute atomic E-state index is 0.863. The van der Waals surface area contributed by atoms with E-state index in [1.165, 1.54) is 44.6 Å². The van der Waals surface area contributed by atoms with E-state index in [1.54, 1.807) is 0 Å². The molecular weight excluding hydrogens is 232 g/mol. The van der Waals surface area contributed by atoms with Gasteiger partial charge in [0.25, 0.3) is 0 Å². The molecule has 19 heavy (non-hydrogen) atoms. The fourth-order valence-electron chi connectivity index (χ4n) is 2.93. The summed E-state index contributed by atoms with van der Waals surface area (Å²) in [6.45, 7) is 9.65.